The molecular weight excluding hydrogens is 124 g/mol. The zero-order valence-electron chi connectivity index (χ0n) is 6.16. The summed E-state index contributed by atoms with van der Waals surface area (Å²) in [5, 5.41) is 9.25. The Morgan fingerprint density at radius 1 is 1.10 bits per heavy atom. The van der Waals surface area contributed by atoms with Crippen LogP contribution >= 0.6 is 0 Å². The van der Waals surface area contributed by atoms with E-state index in [-0.39, 0.29) is 6.10 Å². The van der Waals surface area contributed by atoms with Crippen molar-refractivity contribution < 1.29 is 5.11 Å². The van der Waals surface area contributed by atoms with Gasteiger partial charge < -0.3 is 5.11 Å². The quantitative estimate of drug-likeness (QED) is 0.508. The standard InChI is InChI=1S/C9H14O/c10-9-7-5-3-1-2-4-6-8-9/h1,3-4,6,9-10H,2,5,7-8H2/b3-1-,6-4-. The third-order valence-electron chi connectivity index (χ3n) is 1.68. The molecule has 0 amide bonds. The molecule has 0 saturated heterocycles. The Balaban J connectivity index is 2.38. The minimum absolute atomic E-state index is 0.126. The number of hydrogen-bond acceptors (Lipinski definition) is 1. The number of rotatable bonds is 0. The topological polar surface area (TPSA) is 20.2 Å². The highest BCUT2D eigenvalue weighted by atomic mass is 16.3. The molecule has 0 aromatic heterocycles. The lowest BCUT2D eigenvalue weighted by Gasteiger charge is -2.03. The summed E-state index contributed by atoms with van der Waals surface area (Å²) in [6, 6.07) is 0. The van der Waals surface area contributed by atoms with Crippen molar-refractivity contribution >= 4 is 0 Å². The maximum atomic E-state index is 9.25. The van der Waals surface area contributed by atoms with Gasteiger partial charge in [0, 0.05) is 0 Å². The van der Waals surface area contributed by atoms with E-state index in [9.17, 15) is 5.11 Å². The molecule has 1 nitrogen and oxygen atoms in total. The summed E-state index contributed by atoms with van der Waals surface area (Å²) >= 11 is 0. The molecule has 1 heteroatoms. The Hall–Kier alpha value is -0.560. The Labute approximate surface area is 62.1 Å². The first kappa shape index (κ1) is 7.55. The number of allylic oxidation sites excluding steroid dienone is 3. The molecule has 0 aromatic carbocycles. The molecule has 1 aliphatic carbocycles. The first-order valence-corrected chi connectivity index (χ1v) is 3.87. The normalized spacial score (nSPS) is 33.5. The second-order valence-electron chi connectivity index (χ2n) is 2.65. The minimum Gasteiger partial charge on any atom is -0.393 e. The van der Waals surface area contributed by atoms with E-state index in [1.165, 1.54) is 0 Å². The van der Waals surface area contributed by atoms with Crippen molar-refractivity contribution in [2.45, 2.75) is 31.8 Å². The van der Waals surface area contributed by atoms with Gasteiger partial charge in [-0.25, -0.2) is 0 Å². The van der Waals surface area contributed by atoms with E-state index in [0.717, 1.165) is 25.7 Å². The molecule has 1 atom stereocenters. The van der Waals surface area contributed by atoms with Crippen LogP contribution in [0.3, 0.4) is 0 Å². The molecule has 0 aliphatic heterocycles. The van der Waals surface area contributed by atoms with Crippen molar-refractivity contribution in [3.05, 3.63) is 24.3 Å². The molecule has 0 saturated carbocycles. The van der Waals surface area contributed by atoms with E-state index in [4.69, 9.17) is 0 Å². The second kappa shape index (κ2) is 4.29. The molecule has 0 aromatic rings. The maximum Gasteiger partial charge on any atom is 0.0577 e. The van der Waals surface area contributed by atoms with Crippen molar-refractivity contribution in [1.82, 2.24) is 0 Å². The van der Waals surface area contributed by atoms with Crippen LogP contribution in [0, 0.1) is 0 Å². The highest BCUT2D eigenvalue weighted by molar-refractivity contribution is 4.95. The van der Waals surface area contributed by atoms with Crippen LogP contribution in [0.25, 0.3) is 0 Å². The maximum absolute atomic E-state index is 9.25. The monoisotopic (exact) mass is 138 g/mol. The molecule has 0 fully saturated rings. The van der Waals surface area contributed by atoms with Crippen LogP contribution in [0.4, 0.5) is 0 Å². The summed E-state index contributed by atoms with van der Waals surface area (Å²) in [6.07, 6.45) is 12.1. The molecular formula is C9H14O. The lowest BCUT2D eigenvalue weighted by Crippen LogP contribution is -2.02. The van der Waals surface area contributed by atoms with Crippen molar-refractivity contribution in [1.29, 1.82) is 0 Å². The summed E-state index contributed by atoms with van der Waals surface area (Å²) in [5.74, 6) is 0. The van der Waals surface area contributed by atoms with Crippen LogP contribution in [0.15, 0.2) is 24.3 Å². The fourth-order valence-corrected chi connectivity index (χ4v) is 1.05. The first-order valence-electron chi connectivity index (χ1n) is 3.87. The fourth-order valence-electron chi connectivity index (χ4n) is 1.05. The van der Waals surface area contributed by atoms with Gasteiger partial charge in [-0.2, -0.15) is 0 Å². The van der Waals surface area contributed by atoms with E-state index in [0.29, 0.717) is 0 Å². The van der Waals surface area contributed by atoms with Crippen LogP contribution in [0.5, 0.6) is 0 Å². The van der Waals surface area contributed by atoms with Gasteiger partial charge in [-0.05, 0) is 25.7 Å². The molecule has 0 heterocycles. The van der Waals surface area contributed by atoms with Gasteiger partial charge in [0.25, 0.3) is 0 Å². The third kappa shape index (κ3) is 2.83. The molecule has 56 valence electrons. The summed E-state index contributed by atoms with van der Waals surface area (Å²) in [7, 11) is 0. The van der Waals surface area contributed by atoms with Crippen LogP contribution < -0.4 is 0 Å². The average Bonchev–Trinajstić information content (AvgIpc) is 2.02. The van der Waals surface area contributed by atoms with Crippen LogP contribution in [0.2, 0.25) is 0 Å². The number of aliphatic hydroxyl groups is 1. The predicted octanol–water partition coefficient (Wildman–Crippen LogP) is 2.03. The van der Waals surface area contributed by atoms with E-state index in [1.807, 2.05) is 0 Å². The molecule has 1 unspecified atom stereocenters. The number of hydrogen-bond donors (Lipinski definition) is 1. The molecule has 0 radical (unpaired) electrons. The van der Waals surface area contributed by atoms with Gasteiger partial charge in [-0.15, -0.1) is 0 Å². The van der Waals surface area contributed by atoms with Crippen molar-refractivity contribution in [3.63, 3.8) is 0 Å². The van der Waals surface area contributed by atoms with Gasteiger partial charge >= 0.3 is 0 Å². The SMILES string of the molecule is OC1C/C=C\C/C=C\CC1. The zero-order valence-corrected chi connectivity index (χ0v) is 6.16. The average molecular weight is 138 g/mol. The van der Waals surface area contributed by atoms with Crippen molar-refractivity contribution in [2.75, 3.05) is 0 Å². The summed E-state index contributed by atoms with van der Waals surface area (Å²) in [4.78, 5) is 0. The van der Waals surface area contributed by atoms with E-state index < -0.39 is 0 Å². The Kier molecular flexibility index (Phi) is 3.23. The number of aliphatic hydroxyl groups excluding tert-OH is 1. The van der Waals surface area contributed by atoms with Crippen LogP contribution in [0.1, 0.15) is 25.7 Å². The highest BCUT2D eigenvalue weighted by Gasteiger charge is 1.99. The van der Waals surface area contributed by atoms with E-state index >= 15 is 0 Å². The molecule has 1 N–H and O–H groups in total. The Morgan fingerprint density at radius 3 is 2.80 bits per heavy atom. The summed E-state index contributed by atoms with van der Waals surface area (Å²) in [5.41, 5.74) is 0. The lowest BCUT2D eigenvalue weighted by molar-refractivity contribution is 0.169. The highest BCUT2D eigenvalue weighted by Crippen LogP contribution is 2.06. The summed E-state index contributed by atoms with van der Waals surface area (Å²) < 4.78 is 0. The van der Waals surface area contributed by atoms with Gasteiger partial charge in [-0.3, -0.25) is 0 Å². The lowest BCUT2D eigenvalue weighted by atomic mass is 10.1. The van der Waals surface area contributed by atoms with E-state index in [2.05, 4.69) is 24.3 Å². The van der Waals surface area contributed by atoms with Gasteiger partial charge in [-0.1, -0.05) is 24.3 Å². The first-order chi connectivity index (χ1) is 4.89. The molecule has 1 aliphatic rings. The fraction of sp³-hybridized carbons (Fsp3) is 0.556. The largest absolute Gasteiger partial charge is 0.393 e. The second-order valence-corrected chi connectivity index (χ2v) is 2.65. The Bertz CT molecular complexity index is 136. The van der Waals surface area contributed by atoms with Crippen molar-refractivity contribution in [2.24, 2.45) is 0 Å². The minimum atomic E-state index is -0.126. The van der Waals surface area contributed by atoms with Gasteiger partial charge in [0.2, 0.25) is 0 Å². The molecule has 0 bridgehead atoms. The smallest absolute Gasteiger partial charge is 0.0577 e. The molecule has 10 heavy (non-hydrogen) atoms. The Morgan fingerprint density at radius 2 is 1.90 bits per heavy atom. The molecule has 0 spiro atoms. The van der Waals surface area contributed by atoms with Gasteiger partial charge in [0.05, 0.1) is 6.10 Å². The van der Waals surface area contributed by atoms with Gasteiger partial charge in [0.15, 0.2) is 0 Å². The zero-order chi connectivity index (χ0) is 7.23. The molecule has 1 rings (SSSR count). The van der Waals surface area contributed by atoms with Crippen LogP contribution in [-0.2, 0) is 0 Å². The predicted molar refractivity (Wildman–Crippen MR) is 42.8 cm³/mol. The summed E-state index contributed by atoms with van der Waals surface area (Å²) in [6.45, 7) is 0. The third-order valence-corrected chi connectivity index (χ3v) is 1.68. The van der Waals surface area contributed by atoms with E-state index in [1.54, 1.807) is 0 Å². The van der Waals surface area contributed by atoms with Crippen LogP contribution in [-0.4, -0.2) is 11.2 Å². The van der Waals surface area contributed by atoms with Crippen molar-refractivity contribution in [3.8, 4) is 0 Å². The van der Waals surface area contributed by atoms with Gasteiger partial charge in [0.1, 0.15) is 0 Å².